The van der Waals surface area contributed by atoms with Crippen LogP contribution in [0.1, 0.15) is 34.3 Å². The summed E-state index contributed by atoms with van der Waals surface area (Å²) in [6.45, 7) is 2.48. The van der Waals surface area contributed by atoms with Crippen molar-refractivity contribution in [1.29, 1.82) is 0 Å². The first-order valence-corrected chi connectivity index (χ1v) is 10.6. The number of amides is 2. The molecule has 4 rings (SSSR count). The summed E-state index contributed by atoms with van der Waals surface area (Å²) in [6, 6.07) is 14.5. The molecule has 0 aromatic heterocycles. The summed E-state index contributed by atoms with van der Waals surface area (Å²) in [5.41, 5.74) is 3.28. The molecule has 0 bridgehead atoms. The highest BCUT2D eigenvalue weighted by Gasteiger charge is 2.30. The molecule has 0 atom stereocenters. The Bertz CT molecular complexity index is 908. The van der Waals surface area contributed by atoms with E-state index in [0.29, 0.717) is 22.3 Å². The third kappa shape index (κ3) is 4.31. The van der Waals surface area contributed by atoms with Crippen molar-refractivity contribution in [2.75, 3.05) is 32.0 Å². The van der Waals surface area contributed by atoms with Gasteiger partial charge in [-0.3, -0.25) is 9.59 Å². The second kappa shape index (κ2) is 8.56. The number of nitrogens with zero attached hydrogens (tertiary/aromatic N) is 2. The van der Waals surface area contributed by atoms with Crippen molar-refractivity contribution in [3.8, 4) is 0 Å². The Morgan fingerprint density at radius 3 is 2.62 bits per heavy atom. The zero-order valence-electron chi connectivity index (χ0n) is 16.7. The summed E-state index contributed by atoms with van der Waals surface area (Å²) >= 11 is 6.18. The van der Waals surface area contributed by atoms with Gasteiger partial charge in [-0.15, -0.1) is 0 Å². The van der Waals surface area contributed by atoms with Crippen LogP contribution in [0.25, 0.3) is 0 Å². The second-order valence-corrected chi connectivity index (χ2v) is 8.32. The van der Waals surface area contributed by atoms with Crippen LogP contribution >= 0.6 is 11.6 Å². The third-order valence-electron chi connectivity index (χ3n) is 6.07. The minimum atomic E-state index is -0.110. The van der Waals surface area contributed by atoms with Crippen molar-refractivity contribution in [1.82, 2.24) is 9.80 Å². The summed E-state index contributed by atoms with van der Waals surface area (Å²) in [4.78, 5) is 29.2. The lowest BCUT2D eigenvalue weighted by Gasteiger charge is -2.37. The third-order valence-corrected chi connectivity index (χ3v) is 6.38. The Hall–Kier alpha value is -2.37. The van der Waals surface area contributed by atoms with Crippen LogP contribution in [0, 0.1) is 0 Å². The van der Waals surface area contributed by atoms with Crippen molar-refractivity contribution in [2.24, 2.45) is 0 Å². The van der Waals surface area contributed by atoms with Gasteiger partial charge in [0.25, 0.3) is 5.91 Å². The van der Waals surface area contributed by atoms with Crippen LogP contribution in [0.2, 0.25) is 5.02 Å². The van der Waals surface area contributed by atoms with Gasteiger partial charge in [-0.1, -0.05) is 41.9 Å². The number of nitrogens with one attached hydrogen (secondary N) is 1. The lowest BCUT2D eigenvalue weighted by Crippen LogP contribution is -2.46. The maximum atomic E-state index is 13.1. The van der Waals surface area contributed by atoms with Gasteiger partial charge in [0.15, 0.2) is 0 Å². The van der Waals surface area contributed by atoms with Gasteiger partial charge in [0, 0.05) is 31.2 Å². The maximum Gasteiger partial charge on any atom is 0.254 e. The van der Waals surface area contributed by atoms with E-state index in [0.717, 1.165) is 44.5 Å². The molecule has 0 unspecified atom stereocenters. The molecule has 2 aromatic rings. The molecule has 1 N–H and O–H groups in total. The molecule has 1 fully saturated rings. The first-order valence-electron chi connectivity index (χ1n) is 10.2. The molecule has 2 amide bonds. The summed E-state index contributed by atoms with van der Waals surface area (Å²) in [5.74, 6) is -0.110. The Balaban J connectivity index is 1.35. The van der Waals surface area contributed by atoms with E-state index >= 15 is 0 Å². The van der Waals surface area contributed by atoms with E-state index in [-0.39, 0.29) is 18.2 Å². The Morgan fingerprint density at radius 1 is 1.17 bits per heavy atom. The highest BCUT2D eigenvalue weighted by molar-refractivity contribution is 6.34. The fraction of sp³-hybridized carbons (Fsp3) is 0.391. The first-order chi connectivity index (χ1) is 14.0. The van der Waals surface area contributed by atoms with Crippen LogP contribution in [-0.4, -0.2) is 54.3 Å². The Kier molecular flexibility index (Phi) is 5.88. The van der Waals surface area contributed by atoms with E-state index in [1.807, 2.05) is 11.0 Å². The van der Waals surface area contributed by atoms with Crippen LogP contribution in [0.5, 0.6) is 0 Å². The van der Waals surface area contributed by atoms with E-state index in [9.17, 15) is 9.59 Å². The van der Waals surface area contributed by atoms with Crippen molar-refractivity contribution in [3.05, 3.63) is 64.2 Å². The summed E-state index contributed by atoms with van der Waals surface area (Å²) in [6.07, 6.45) is 3.18. The second-order valence-electron chi connectivity index (χ2n) is 7.91. The van der Waals surface area contributed by atoms with E-state index in [4.69, 9.17) is 11.6 Å². The molecular weight excluding hydrogens is 386 g/mol. The smallest absolute Gasteiger partial charge is 0.254 e. The number of likely N-dealkylation sites (N-methyl/N-ethyl adjacent to an activating group) is 1. The summed E-state index contributed by atoms with van der Waals surface area (Å²) in [7, 11) is 2.18. The number of rotatable bonds is 5. The highest BCUT2D eigenvalue weighted by atomic mass is 35.5. The largest absolute Gasteiger partial charge is 0.339 e. The number of fused-ring (bicyclic) bond motifs is 1. The predicted molar refractivity (Wildman–Crippen MR) is 115 cm³/mol. The minimum Gasteiger partial charge on any atom is -0.339 e. The molecule has 1 saturated heterocycles. The molecule has 0 saturated carbocycles. The SMILES string of the molecule is CN(CCc1ccccc1)C1CCN(C(=O)c2ccc(Cl)c3c2CC(=O)N3)CC1. The van der Waals surface area contributed by atoms with Crippen LogP contribution in [0.15, 0.2) is 42.5 Å². The number of carbonyl (C=O) groups excluding carboxylic acids is 2. The number of carbonyl (C=O) groups is 2. The van der Waals surface area contributed by atoms with Gasteiger partial charge in [-0.05, 0) is 49.6 Å². The highest BCUT2D eigenvalue weighted by Crippen LogP contribution is 2.34. The van der Waals surface area contributed by atoms with Crippen molar-refractivity contribution in [3.63, 3.8) is 0 Å². The zero-order valence-corrected chi connectivity index (χ0v) is 17.4. The van der Waals surface area contributed by atoms with Gasteiger partial charge in [0.2, 0.25) is 5.91 Å². The van der Waals surface area contributed by atoms with Crippen LogP contribution in [0.4, 0.5) is 5.69 Å². The zero-order chi connectivity index (χ0) is 20.4. The van der Waals surface area contributed by atoms with Gasteiger partial charge in [0.1, 0.15) is 0 Å². The molecule has 2 aliphatic rings. The van der Waals surface area contributed by atoms with Gasteiger partial charge in [0.05, 0.1) is 17.1 Å². The molecule has 6 heteroatoms. The van der Waals surface area contributed by atoms with Crippen LogP contribution in [-0.2, 0) is 17.6 Å². The number of hydrogen-bond donors (Lipinski definition) is 1. The molecule has 29 heavy (non-hydrogen) atoms. The minimum absolute atomic E-state index is 0.000180. The fourth-order valence-electron chi connectivity index (χ4n) is 4.30. The molecule has 152 valence electrons. The van der Waals surface area contributed by atoms with E-state index in [2.05, 4.69) is 41.5 Å². The average Bonchev–Trinajstić information content (AvgIpc) is 3.15. The van der Waals surface area contributed by atoms with Crippen molar-refractivity contribution >= 4 is 29.1 Å². The van der Waals surface area contributed by atoms with Crippen LogP contribution in [0.3, 0.4) is 0 Å². The molecule has 0 radical (unpaired) electrons. The monoisotopic (exact) mass is 411 g/mol. The number of hydrogen-bond acceptors (Lipinski definition) is 3. The van der Waals surface area contributed by atoms with Gasteiger partial charge >= 0.3 is 0 Å². The lowest BCUT2D eigenvalue weighted by molar-refractivity contribution is -0.115. The summed E-state index contributed by atoms with van der Waals surface area (Å²) < 4.78 is 0. The summed E-state index contributed by atoms with van der Waals surface area (Å²) in [5, 5.41) is 3.25. The number of likely N-dealkylation sites (tertiary alicyclic amines) is 1. The lowest BCUT2D eigenvalue weighted by atomic mass is 9.99. The van der Waals surface area contributed by atoms with E-state index in [1.54, 1.807) is 12.1 Å². The molecule has 2 aromatic carbocycles. The van der Waals surface area contributed by atoms with Crippen molar-refractivity contribution < 1.29 is 9.59 Å². The van der Waals surface area contributed by atoms with Crippen molar-refractivity contribution in [2.45, 2.75) is 31.7 Å². The topological polar surface area (TPSA) is 52.7 Å². The number of benzene rings is 2. The molecule has 2 heterocycles. The van der Waals surface area contributed by atoms with E-state index < -0.39 is 0 Å². The average molecular weight is 412 g/mol. The van der Waals surface area contributed by atoms with E-state index in [1.165, 1.54) is 5.56 Å². The van der Waals surface area contributed by atoms with Gasteiger partial charge in [-0.25, -0.2) is 0 Å². The molecule has 2 aliphatic heterocycles. The molecule has 5 nitrogen and oxygen atoms in total. The molecular formula is C23H26ClN3O2. The Labute approximate surface area is 176 Å². The molecule has 0 aliphatic carbocycles. The Morgan fingerprint density at radius 2 is 1.90 bits per heavy atom. The van der Waals surface area contributed by atoms with Crippen LogP contribution < -0.4 is 5.32 Å². The quantitative estimate of drug-likeness (QED) is 0.817. The maximum absolute atomic E-state index is 13.1. The molecule has 0 spiro atoms. The fourth-order valence-corrected chi connectivity index (χ4v) is 4.52. The first kappa shape index (κ1) is 19.9. The van der Waals surface area contributed by atoms with Gasteiger partial charge in [-0.2, -0.15) is 0 Å². The number of piperidine rings is 1. The normalized spacial score (nSPS) is 16.8. The number of halogens is 1. The number of anilines is 1. The van der Waals surface area contributed by atoms with Gasteiger partial charge < -0.3 is 15.1 Å². The predicted octanol–water partition coefficient (Wildman–Crippen LogP) is 3.61. The standard InChI is InChI=1S/C23H26ClN3O2/c1-26(12-9-16-5-3-2-4-6-16)17-10-13-27(14-11-17)23(29)18-7-8-20(24)22-19(18)15-21(28)25-22/h2-8,17H,9-15H2,1H3,(H,25,28).